The summed E-state index contributed by atoms with van der Waals surface area (Å²) in [6.45, 7) is 6.76. The van der Waals surface area contributed by atoms with Crippen LogP contribution < -0.4 is 4.74 Å². The van der Waals surface area contributed by atoms with Crippen molar-refractivity contribution < 1.29 is 19.1 Å². The lowest BCUT2D eigenvalue weighted by Crippen LogP contribution is -2.38. The average Bonchev–Trinajstić information content (AvgIpc) is 3.24. The Hall–Kier alpha value is -3.28. The van der Waals surface area contributed by atoms with Crippen molar-refractivity contribution in [3.05, 3.63) is 65.9 Å². The lowest BCUT2D eigenvalue weighted by Gasteiger charge is -2.27. The number of methoxy groups -OCH3 is 1. The number of ketones is 1. The number of rotatable bonds is 11. The van der Waals surface area contributed by atoms with Crippen LogP contribution in [0.1, 0.15) is 62.4 Å². The van der Waals surface area contributed by atoms with Gasteiger partial charge >= 0.3 is 6.09 Å². The predicted octanol–water partition coefficient (Wildman–Crippen LogP) is 6.40. The highest BCUT2D eigenvalue weighted by Crippen LogP contribution is 2.21. The zero-order valence-corrected chi connectivity index (χ0v) is 20.7. The van der Waals surface area contributed by atoms with Gasteiger partial charge in [0, 0.05) is 42.2 Å². The number of hydrogen-bond acceptors (Lipinski definition) is 4. The fraction of sp³-hybridized carbons (Fsp3) is 0.429. The van der Waals surface area contributed by atoms with E-state index in [2.05, 4.69) is 4.98 Å². The van der Waals surface area contributed by atoms with Crippen molar-refractivity contribution in [1.82, 2.24) is 9.88 Å². The molecule has 1 aromatic heterocycles. The predicted molar refractivity (Wildman–Crippen MR) is 136 cm³/mol. The Morgan fingerprint density at radius 1 is 0.941 bits per heavy atom. The van der Waals surface area contributed by atoms with E-state index in [0.717, 1.165) is 47.0 Å². The zero-order valence-electron chi connectivity index (χ0n) is 20.7. The van der Waals surface area contributed by atoms with Crippen molar-refractivity contribution in [2.24, 2.45) is 0 Å². The maximum absolute atomic E-state index is 12.8. The van der Waals surface area contributed by atoms with Crippen LogP contribution >= 0.6 is 0 Å². The van der Waals surface area contributed by atoms with Crippen LogP contribution in [0.4, 0.5) is 4.79 Å². The standard InChI is InChI=1S/C28H36N2O4/c1-28(2,3)34-27(32)30(19-17-21-12-7-10-16-26(21)33-4)18-11-5-6-15-25(31)23-20-29-24-14-9-8-13-22(23)24/h7-10,12-14,16,20,29H,5-6,11,15,17-19H2,1-4H3. The van der Waals surface area contributed by atoms with Crippen molar-refractivity contribution in [2.45, 2.75) is 58.5 Å². The third-order valence-corrected chi connectivity index (χ3v) is 5.72. The lowest BCUT2D eigenvalue weighted by atomic mass is 10.0. The topological polar surface area (TPSA) is 71.6 Å². The lowest BCUT2D eigenvalue weighted by molar-refractivity contribution is 0.0248. The first kappa shape index (κ1) is 25.3. The highest BCUT2D eigenvalue weighted by Gasteiger charge is 2.22. The Morgan fingerprint density at radius 3 is 2.44 bits per heavy atom. The molecule has 0 atom stereocenters. The summed E-state index contributed by atoms with van der Waals surface area (Å²) in [6, 6.07) is 15.7. The Morgan fingerprint density at radius 2 is 1.68 bits per heavy atom. The van der Waals surface area contributed by atoms with Gasteiger partial charge in [0.05, 0.1) is 7.11 Å². The summed E-state index contributed by atoms with van der Waals surface area (Å²) in [5.74, 6) is 0.972. The largest absolute Gasteiger partial charge is 0.496 e. The Balaban J connectivity index is 1.51. The van der Waals surface area contributed by atoms with Crippen LogP contribution in [0.15, 0.2) is 54.7 Å². The van der Waals surface area contributed by atoms with Gasteiger partial charge < -0.3 is 19.4 Å². The number of fused-ring (bicyclic) bond motifs is 1. The third-order valence-electron chi connectivity index (χ3n) is 5.72. The van der Waals surface area contributed by atoms with E-state index in [1.165, 1.54) is 0 Å². The van der Waals surface area contributed by atoms with Gasteiger partial charge in [-0.1, -0.05) is 42.8 Å². The van der Waals surface area contributed by atoms with E-state index < -0.39 is 5.60 Å². The van der Waals surface area contributed by atoms with Crippen molar-refractivity contribution >= 4 is 22.8 Å². The second kappa shape index (κ2) is 11.7. The number of ether oxygens (including phenoxy) is 2. The molecule has 2 aromatic carbocycles. The van der Waals surface area contributed by atoms with Crippen molar-refractivity contribution in [3.63, 3.8) is 0 Å². The van der Waals surface area contributed by atoms with Crippen LogP contribution in [0, 0.1) is 0 Å². The molecule has 0 fully saturated rings. The minimum absolute atomic E-state index is 0.151. The first-order valence-electron chi connectivity index (χ1n) is 12.0. The van der Waals surface area contributed by atoms with Gasteiger partial charge in [-0.15, -0.1) is 0 Å². The minimum Gasteiger partial charge on any atom is -0.496 e. The molecule has 0 saturated carbocycles. The highest BCUT2D eigenvalue weighted by molar-refractivity contribution is 6.07. The van der Waals surface area contributed by atoms with Crippen LogP contribution in [-0.4, -0.2) is 47.6 Å². The molecular weight excluding hydrogens is 428 g/mol. The van der Waals surface area contributed by atoms with Gasteiger partial charge in [-0.3, -0.25) is 4.79 Å². The highest BCUT2D eigenvalue weighted by atomic mass is 16.6. The van der Waals surface area contributed by atoms with E-state index in [-0.39, 0.29) is 11.9 Å². The number of carbonyl (C=O) groups is 2. The Kier molecular flexibility index (Phi) is 8.74. The molecule has 0 unspecified atom stereocenters. The van der Waals surface area contributed by atoms with Gasteiger partial charge in [0.2, 0.25) is 0 Å². The number of hydrogen-bond donors (Lipinski definition) is 1. The smallest absolute Gasteiger partial charge is 0.410 e. The number of Topliss-reactive ketones (excluding diaryl/α,β-unsaturated/α-hetero) is 1. The van der Waals surface area contributed by atoms with Gasteiger partial charge in [-0.25, -0.2) is 4.79 Å². The first-order valence-corrected chi connectivity index (χ1v) is 12.0. The van der Waals surface area contributed by atoms with Crippen molar-refractivity contribution in [2.75, 3.05) is 20.2 Å². The molecule has 6 heteroatoms. The summed E-state index contributed by atoms with van der Waals surface area (Å²) in [6.07, 6.45) is 5.13. The molecule has 0 spiro atoms. The van der Waals surface area contributed by atoms with Crippen molar-refractivity contribution in [1.29, 1.82) is 0 Å². The molecule has 1 heterocycles. The fourth-order valence-electron chi connectivity index (χ4n) is 3.99. The summed E-state index contributed by atoms with van der Waals surface area (Å²) in [4.78, 5) is 30.4. The number of nitrogens with zero attached hydrogens (tertiary/aromatic N) is 1. The number of benzene rings is 2. The molecule has 0 saturated heterocycles. The zero-order chi connectivity index (χ0) is 24.6. The number of carbonyl (C=O) groups excluding carboxylic acids is 2. The summed E-state index contributed by atoms with van der Waals surface area (Å²) >= 11 is 0. The van der Waals surface area contributed by atoms with E-state index >= 15 is 0 Å². The maximum atomic E-state index is 12.8. The number of para-hydroxylation sites is 2. The molecule has 1 N–H and O–H groups in total. The van der Waals surface area contributed by atoms with E-state index in [0.29, 0.717) is 25.9 Å². The first-order chi connectivity index (χ1) is 16.3. The molecule has 0 bridgehead atoms. The summed E-state index contributed by atoms with van der Waals surface area (Å²) < 4.78 is 11.1. The van der Waals surface area contributed by atoms with E-state index in [1.54, 1.807) is 18.2 Å². The fourth-order valence-corrected chi connectivity index (χ4v) is 3.99. The molecule has 0 aliphatic heterocycles. The van der Waals surface area contributed by atoms with Gasteiger partial charge in [-0.2, -0.15) is 0 Å². The number of nitrogens with one attached hydrogen (secondary N) is 1. The second-order valence-corrected chi connectivity index (χ2v) is 9.51. The molecule has 3 rings (SSSR count). The van der Waals surface area contributed by atoms with Crippen LogP contribution in [0.25, 0.3) is 10.9 Å². The number of amides is 1. The Bertz CT molecular complexity index is 1100. The van der Waals surface area contributed by atoms with Crippen molar-refractivity contribution in [3.8, 4) is 5.75 Å². The van der Waals surface area contributed by atoms with Crippen LogP contribution in [0.2, 0.25) is 0 Å². The van der Waals surface area contributed by atoms with Gasteiger partial charge in [0.15, 0.2) is 5.78 Å². The quantitative estimate of drug-likeness (QED) is 0.263. The summed E-state index contributed by atoms with van der Waals surface area (Å²) in [5, 5.41) is 0.972. The van der Waals surface area contributed by atoms with Crippen LogP contribution in [0.3, 0.4) is 0 Å². The molecule has 1 amide bonds. The van der Waals surface area contributed by atoms with E-state index in [9.17, 15) is 9.59 Å². The number of aromatic amines is 1. The SMILES string of the molecule is COc1ccccc1CCN(CCCCCC(=O)c1c[nH]c2ccccc12)C(=O)OC(C)(C)C. The maximum Gasteiger partial charge on any atom is 0.410 e. The number of unbranched alkanes of at least 4 members (excludes halogenated alkanes) is 2. The average molecular weight is 465 g/mol. The van der Waals surface area contributed by atoms with Gasteiger partial charge in [-0.05, 0) is 57.7 Å². The molecule has 3 aromatic rings. The molecule has 34 heavy (non-hydrogen) atoms. The molecule has 0 aliphatic carbocycles. The third kappa shape index (κ3) is 7.11. The summed E-state index contributed by atoms with van der Waals surface area (Å²) in [5.41, 5.74) is 2.24. The molecule has 6 nitrogen and oxygen atoms in total. The number of aromatic nitrogens is 1. The Labute approximate surface area is 202 Å². The van der Waals surface area contributed by atoms with E-state index in [1.807, 2.05) is 69.3 Å². The summed E-state index contributed by atoms with van der Waals surface area (Å²) in [7, 11) is 1.65. The normalized spacial score (nSPS) is 11.4. The van der Waals surface area contributed by atoms with Crippen LogP contribution in [-0.2, 0) is 11.2 Å². The van der Waals surface area contributed by atoms with Gasteiger partial charge in [0.1, 0.15) is 11.4 Å². The number of H-pyrrole nitrogens is 1. The van der Waals surface area contributed by atoms with Crippen LogP contribution in [0.5, 0.6) is 5.75 Å². The minimum atomic E-state index is -0.550. The molecular formula is C28H36N2O4. The second-order valence-electron chi connectivity index (χ2n) is 9.51. The van der Waals surface area contributed by atoms with E-state index in [4.69, 9.17) is 9.47 Å². The molecule has 0 radical (unpaired) electrons. The molecule has 182 valence electrons. The monoisotopic (exact) mass is 464 g/mol. The molecule has 0 aliphatic rings. The van der Waals surface area contributed by atoms with Gasteiger partial charge in [0.25, 0.3) is 0 Å².